The lowest BCUT2D eigenvalue weighted by Crippen LogP contribution is -2.51. The Morgan fingerprint density at radius 1 is 1.05 bits per heavy atom. The average Bonchev–Trinajstić information content (AvgIpc) is 2.75. The number of halogens is 1. The zero-order chi connectivity index (χ0) is 15.7. The van der Waals surface area contributed by atoms with Gasteiger partial charge >= 0.3 is 6.03 Å². The number of hydrogen-bond donors (Lipinski definition) is 0. The van der Waals surface area contributed by atoms with Crippen LogP contribution in [-0.4, -0.2) is 73.1 Å². The van der Waals surface area contributed by atoms with Crippen LogP contribution < -0.4 is 4.90 Å². The van der Waals surface area contributed by atoms with E-state index in [2.05, 4.69) is 9.80 Å². The second kappa shape index (κ2) is 5.92. The van der Waals surface area contributed by atoms with E-state index in [1.807, 2.05) is 0 Å². The van der Waals surface area contributed by atoms with E-state index < -0.39 is 0 Å². The van der Waals surface area contributed by atoms with Crippen molar-refractivity contribution in [3.05, 3.63) is 30.1 Å². The van der Waals surface area contributed by atoms with Crippen LogP contribution in [0, 0.1) is 5.82 Å². The molecule has 22 heavy (non-hydrogen) atoms. The van der Waals surface area contributed by atoms with Gasteiger partial charge in [0.15, 0.2) is 0 Å². The van der Waals surface area contributed by atoms with Crippen LogP contribution >= 0.6 is 0 Å². The fourth-order valence-corrected chi connectivity index (χ4v) is 2.81. The maximum absolute atomic E-state index is 12.9. The third kappa shape index (κ3) is 2.89. The van der Waals surface area contributed by atoms with Gasteiger partial charge in [-0.25, -0.2) is 14.1 Å². The number of likely N-dealkylation sites (N-methyl/N-ethyl adjacent to an activating group) is 1. The van der Waals surface area contributed by atoms with E-state index >= 15 is 0 Å². The lowest BCUT2D eigenvalue weighted by molar-refractivity contribution is -0.126. The first kappa shape index (κ1) is 14.8. The van der Waals surface area contributed by atoms with E-state index in [9.17, 15) is 14.0 Å². The predicted molar refractivity (Wildman–Crippen MR) is 79.9 cm³/mol. The number of amides is 3. The van der Waals surface area contributed by atoms with Crippen LogP contribution in [-0.2, 0) is 4.79 Å². The van der Waals surface area contributed by atoms with Gasteiger partial charge in [-0.2, -0.15) is 0 Å². The molecule has 0 spiro atoms. The van der Waals surface area contributed by atoms with E-state index in [0.717, 1.165) is 31.9 Å². The molecular weight excluding hydrogens is 287 g/mol. The minimum absolute atomic E-state index is 0.145. The summed E-state index contributed by atoms with van der Waals surface area (Å²) < 4.78 is 12.9. The van der Waals surface area contributed by atoms with Crippen molar-refractivity contribution in [1.29, 1.82) is 0 Å². The summed E-state index contributed by atoms with van der Waals surface area (Å²) in [5, 5.41) is 0. The molecule has 0 atom stereocenters. The summed E-state index contributed by atoms with van der Waals surface area (Å²) >= 11 is 0. The molecule has 0 radical (unpaired) electrons. The number of carbonyl (C=O) groups is 2. The minimum Gasteiger partial charge on any atom is -0.369 e. The molecule has 0 bridgehead atoms. The Kier molecular flexibility index (Phi) is 3.98. The van der Waals surface area contributed by atoms with Gasteiger partial charge < -0.3 is 9.80 Å². The largest absolute Gasteiger partial charge is 0.369 e. The van der Waals surface area contributed by atoms with Gasteiger partial charge in [0.1, 0.15) is 12.4 Å². The Labute approximate surface area is 128 Å². The molecule has 2 saturated heterocycles. The van der Waals surface area contributed by atoms with Crippen molar-refractivity contribution in [2.24, 2.45) is 0 Å². The topological polar surface area (TPSA) is 47.1 Å². The van der Waals surface area contributed by atoms with Crippen molar-refractivity contribution in [3.63, 3.8) is 0 Å². The molecule has 7 heteroatoms. The number of carbonyl (C=O) groups excluding carboxylic acids is 2. The van der Waals surface area contributed by atoms with E-state index in [0.29, 0.717) is 6.67 Å². The molecule has 0 N–H and O–H groups in total. The standard InChI is InChI=1S/C15H19FN4O2/c1-17-10-14(21)20(15(17)22)11-18-6-8-19(9-7-18)13-4-2-12(16)3-5-13/h2-5H,6-11H2,1H3. The fraction of sp³-hybridized carbons (Fsp3) is 0.467. The summed E-state index contributed by atoms with van der Waals surface area (Å²) in [6.07, 6.45) is 0. The maximum atomic E-state index is 12.9. The van der Waals surface area contributed by atoms with Crippen LogP contribution in [0.15, 0.2) is 24.3 Å². The van der Waals surface area contributed by atoms with Gasteiger partial charge in [0, 0.05) is 38.9 Å². The molecule has 2 fully saturated rings. The van der Waals surface area contributed by atoms with Crippen molar-refractivity contribution in [1.82, 2.24) is 14.7 Å². The van der Waals surface area contributed by atoms with Crippen LogP contribution in [0.3, 0.4) is 0 Å². The number of rotatable bonds is 3. The van der Waals surface area contributed by atoms with Gasteiger partial charge in [0.05, 0.1) is 6.67 Å². The van der Waals surface area contributed by atoms with Crippen LogP contribution in [0.2, 0.25) is 0 Å². The fourth-order valence-electron chi connectivity index (χ4n) is 2.81. The molecule has 0 aromatic heterocycles. The number of urea groups is 1. The third-order valence-electron chi connectivity index (χ3n) is 4.14. The lowest BCUT2D eigenvalue weighted by atomic mass is 10.2. The Hall–Kier alpha value is -2.15. The molecule has 2 aliphatic rings. The Bertz CT molecular complexity index is 569. The number of hydrogen-bond acceptors (Lipinski definition) is 4. The number of piperazine rings is 1. The number of imide groups is 1. The van der Waals surface area contributed by atoms with Crippen molar-refractivity contribution < 1.29 is 14.0 Å². The Morgan fingerprint density at radius 3 is 2.23 bits per heavy atom. The molecular formula is C15H19FN4O2. The van der Waals surface area contributed by atoms with Crippen LogP contribution in [0.5, 0.6) is 0 Å². The van der Waals surface area contributed by atoms with E-state index in [-0.39, 0.29) is 24.3 Å². The SMILES string of the molecule is CN1CC(=O)N(CN2CCN(c3ccc(F)cc3)CC2)C1=O. The van der Waals surface area contributed by atoms with Gasteiger partial charge in [-0.15, -0.1) is 0 Å². The number of anilines is 1. The normalized spacial score (nSPS) is 20.2. The van der Waals surface area contributed by atoms with Crippen LogP contribution in [0.4, 0.5) is 14.9 Å². The van der Waals surface area contributed by atoms with E-state index in [1.165, 1.54) is 21.9 Å². The van der Waals surface area contributed by atoms with Crippen molar-refractivity contribution in [3.8, 4) is 0 Å². The highest BCUT2D eigenvalue weighted by atomic mass is 19.1. The second-order valence-electron chi connectivity index (χ2n) is 5.68. The molecule has 2 aliphatic heterocycles. The van der Waals surface area contributed by atoms with Gasteiger partial charge in [0.2, 0.25) is 0 Å². The smallest absolute Gasteiger partial charge is 0.328 e. The molecule has 118 valence electrons. The highest BCUT2D eigenvalue weighted by Crippen LogP contribution is 2.17. The summed E-state index contributed by atoms with van der Waals surface area (Å²) in [6.45, 7) is 3.61. The lowest BCUT2D eigenvalue weighted by Gasteiger charge is -2.37. The monoisotopic (exact) mass is 306 g/mol. The maximum Gasteiger partial charge on any atom is 0.328 e. The molecule has 3 amide bonds. The van der Waals surface area contributed by atoms with Crippen LogP contribution in [0.1, 0.15) is 0 Å². The van der Waals surface area contributed by atoms with Gasteiger partial charge in [0.25, 0.3) is 5.91 Å². The quantitative estimate of drug-likeness (QED) is 0.775. The first-order chi connectivity index (χ1) is 10.5. The van der Waals surface area contributed by atoms with Gasteiger partial charge in [-0.1, -0.05) is 0 Å². The zero-order valence-electron chi connectivity index (χ0n) is 12.5. The van der Waals surface area contributed by atoms with Gasteiger partial charge in [-0.3, -0.25) is 9.69 Å². The summed E-state index contributed by atoms with van der Waals surface area (Å²) in [4.78, 5) is 30.6. The number of benzene rings is 1. The zero-order valence-corrected chi connectivity index (χ0v) is 12.5. The molecule has 2 heterocycles. The Balaban J connectivity index is 1.55. The second-order valence-corrected chi connectivity index (χ2v) is 5.68. The Morgan fingerprint density at radius 2 is 1.68 bits per heavy atom. The van der Waals surface area contributed by atoms with E-state index in [1.54, 1.807) is 19.2 Å². The first-order valence-electron chi connectivity index (χ1n) is 7.33. The molecule has 1 aromatic carbocycles. The van der Waals surface area contributed by atoms with Crippen molar-refractivity contribution >= 4 is 17.6 Å². The third-order valence-corrected chi connectivity index (χ3v) is 4.14. The highest BCUT2D eigenvalue weighted by molar-refractivity contribution is 6.01. The molecule has 0 aliphatic carbocycles. The summed E-state index contributed by atoms with van der Waals surface area (Å²) in [5.74, 6) is -0.383. The molecule has 0 unspecified atom stereocenters. The summed E-state index contributed by atoms with van der Waals surface area (Å²) in [7, 11) is 1.63. The highest BCUT2D eigenvalue weighted by Gasteiger charge is 2.35. The predicted octanol–water partition coefficient (Wildman–Crippen LogP) is 0.799. The van der Waals surface area contributed by atoms with Crippen LogP contribution in [0.25, 0.3) is 0 Å². The molecule has 6 nitrogen and oxygen atoms in total. The number of nitrogens with zero attached hydrogens (tertiary/aromatic N) is 4. The van der Waals surface area contributed by atoms with Crippen molar-refractivity contribution in [2.45, 2.75) is 0 Å². The average molecular weight is 306 g/mol. The van der Waals surface area contributed by atoms with Gasteiger partial charge in [-0.05, 0) is 24.3 Å². The summed E-state index contributed by atoms with van der Waals surface area (Å²) in [5.41, 5.74) is 0.995. The molecule has 0 saturated carbocycles. The summed E-state index contributed by atoms with van der Waals surface area (Å²) in [6, 6.07) is 6.23. The molecule has 1 aromatic rings. The molecule has 3 rings (SSSR count). The first-order valence-corrected chi connectivity index (χ1v) is 7.33. The van der Waals surface area contributed by atoms with E-state index in [4.69, 9.17) is 0 Å². The minimum atomic E-state index is -0.238. The van der Waals surface area contributed by atoms with Crippen molar-refractivity contribution in [2.75, 3.05) is 51.3 Å².